The summed E-state index contributed by atoms with van der Waals surface area (Å²) in [4.78, 5) is 0. The minimum atomic E-state index is 0.324. The van der Waals surface area contributed by atoms with Gasteiger partial charge in [-0.05, 0) is 37.8 Å². The van der Waals surface area contributed by atoms with Gasteiger partial charge in [0.1, 0.15) is 0 Å². The van der Waals surface area contributed by atoms with E-state index in [9.17, 15) is 0 Å². The van der Waals surface area contributed by atoms with Gasteiger partial charge in [0, 0.05) is 12.1 Å². The first-order valence-electron chi connectivity index (χ1n) is 6.81. The smallest absolute Gasteiger partial charge is 0.0894 e. The van der Waals surface area contributed by atoms with Crippen molar-refractivity contribution >= 4 is 5.69 Å². The molecule has 3 N–H and O–H groups in total. The zero-order valence-electron chi connectivity index (χ0n) is 10.9. The molecule has 1 saturated carbocycles. The number of anilines is 1. The van der Waals surface area contributed by atoms with E-state index in [1.165, 1.54) is 12.8 Å². The van der Waals surface area contributed by atoms with Crippen LogP contribution >= 0.6 is 0 Å². The van der Waals surface area contributed by atoms with Crippen LogP contribution in [0.5, 0.6) is 0 Å². The summed E-state index contributed by atoms with van der Waals surface area (Å²) >= 11 is 0. The second-order valence-corrected chi connectivity index (χ2v) is 5.13. The van der Waals surface area contributed by atoms with Gasteiger partial charge < -0.3 is 11.1 Å². The normalized spacial score (nSPS) is 23.2. The molecule has 3 rings (SSSR count). The lowest BCUT2D eigenvalue weighted by molar-refractivity contribution is 0.409. The number of hydrogen-bond donors (Lipinski definition) is 2. The standard InChI is InChI=1S/C14H19N5/c15-11-4-3-5-12(10-11)17-13-6-1-2-7-14(13)19-9-8-16-18-19/h1-2,6-9,11-12,17H,3-5,10,15H2. The summed E-state index contributed by atoms with van der Waals surface area (Å²) in [6, 6.07) is 8.94. The predicted molar refractivity (Wildman–Crippen MR) is 75.2 cm³/mol. The summed E-state index contributed by atoms with van der Waals surface area (Å²) in [5.41, 5.74) is 8.16. The van der Waals surface area contributed by atoms with E-state index in [2.05, 4.69) is 21.7 Å². The third-order valence-electron chi connectivity index (χ3n) is 3.65. The molecule has 100 valence electrons. The number of nitrogens with zero attached hydrogens (tertiary/aromatic N) is 3. The Labute approximate surface area is 112 Å². The molecule has 2 unspecified atom stereocenters. The van der Waals surface area contributed by atoms with Crippen LogP contribution in [0.3, 0.4) is 0 Å². The summed E-state index contributed by atoms with van der Waals surface area (Å²) in [6.07, 6.45) is 8.10. The summed E-state index contributed by atoms with van der Waals surface area (Å²) in [6.45, 7) is 0. The third kappa shape index (κ3) is 2.76. The first-order chi connectivity index (χ1) is 9.33. The minimum Gasteiger partial charge on any atom is -0.381 e. The number of benzene rings is 1. The van der Waals surface area contributed by atoms with Crippen LogP contribution in [-0.4, -0.2) is 27.1 Å². The molecule has 0 bridgehead atoms. The van der Waals surface area contributed by atoms with Crippen molar-refractivity contribution in [3.63, 3.8) is 0 Å². The van der Waals surface area contributed by atoms with Crippen molar-refractivity contribution in [1.29, 1.82) is 0 Å². The van der Waals surface area contributed by atoms with Crippen LogP contribution in [0.25, 0.3) is 5.69 Å². The fourth-order valence-corrected chi connectivity index (χ4v) is 2.71. The maximum Gasteiger partial charge on any atom is 0.0894 e. The monoisotopic (exact) mass is 257 g/mol. The largest absolute Gasteiger partial charge is 0.381 e. The van der Waals surface area contributed by atoms with E-state index >= 15 is 0 Å². The van der Waals surface area contributed by atoms with E-state index in [0.29, 0.717) is 12.1 Å². The van der Waals surface area contributed by atoms with E-state index in [0.717, 1.165) is 24.2 Å². The molecule has 0 spiro atoms. The lowest BCUT2D eigenvalue weighted by Gasteiger charge is -2.28. The Bertz CT molecular complexity index is 522. The molecule has 1 aliphatic rings. The van der Waals surface area contributed by atoms with Gasteiger partial charge in [-0.25, -0.2) is 4.68 Å². The number of nitrogens with two attached hydrogens (primary N) is 1. The van der Waals surface area contributed by atoms with Gasteiger partial charge in [-0.1, -0.05) is 17.3 Å². The van der Waals surface area contributed by atoms with Crippen molar-refractivity contribution in [3.8, 4) is 5.69 Å². The SMILES string of the molecule is NC1CCCC(Nc2ccccc2-n2ccnn2)C1. The molecular weight excluding hydrogens is 238 g/mol. The zero-order valence-corrected chi connectivity index (χ0v) is 10.9. The van der Waals surface area contributed by atoms with Gasteiger partial charge in [0.05, 0.1) is 23.8 Å². The summed E-state index contributed by atoms with van der Waals surface area (Å²) in [7, 11) is 0. The molecule has 5 nitrogen and oxygen atoms in total. The highest BCUT2D eigenvalue weighted by Crippen LogP contribution is 2.25. The predicted octanol–water partition coefficient (Wildman–Crippen LogP) is 1.95. The van der Waals surface area contributed by atoms with Crippen molar-refractivity contribution in [3.05, 3.63) is 36.7 Å². The molecule has 19 heavy (non-hydrogen) atoms. The average Bonchev–Trinajstić information content (AvgIpc) is 2.93. The van der Waals surface area contributed by atoms with Crippen LogP contribution in [0.4, 0.5) is 5.69 Å². The Balaban J connectivity index is 1.81. The van der Waals surface area contributed by atoms with Crippen LogP contribution in [-0.2, 0) is 0 Å². The number of hydrogen-bond acceptors (Lipinski definition) is 4. The Morgan fingerprint density at radius 3 is 2.95 bits per heavy atom. The fourth-order valence-electron chi connectivity index (χ4n) is 2.71. The highest BCUT2D eigenvalue weighted by Gasteiger charge is 2.19. The van der Waals surface area contributed by atoms with E-state index in [4.69, 9.17) is 5.73 Å². The van der Waals surface area contributed by atoms with Crippen molar-refractivity contribution in [1.82, 2.24) is 15.0 Å². The molecule has 0 saturated heterocycles. The van der Waals surface area contributed by atoms with Gasteiger partial charge in [-0.2, -0.15) is 0 Å². The molecule has 2 aromatic rings. The van der Waals surface area contributed by atoms with Crippen LogP contribution in [0.15, 0.2) is 36.7 Å². The first kappa shape index (κ1) is 12.2. The minimum absolute atomic E-state index is 0.324. The van der Waals surface area contributed by atoms with E-state index in [1.807, 2.05) is 24.4 Å². The van der Waals surface area contributed by atoms with Gasteiger partial charge >= 0.3 is 0 Å². The van der Waals surface area contributed by atoms with Crippen LogP contribution in [0.2, 0.25) is 0 Å². The van der Waals surface area contributed by atoms with Gasteiger partial charge in [0.2, 0.25) is 0 Å². The van der Waals surface area contributed by atoms with Gasteiger partial charge in [-0.15, -0.1) is 5.10 Å². The molecule has 0 amide bonds. The lowest BCUT2D eigenvalue weighted by atomic mass is 9.91. The van der Waals surface area contributed by atoms with Gasteiger partial charge in [0.25, 0.3) is 0 Å². The van der Waals surface area contributed by atoms with Crippen LogP contribution in [0.1, 0.15) is 25.7 Å². The Morgan fingerprint density at radius 1 is 1.26 bits per heavy atom. The van der Waals surface area contributed by atoms with Crippen LogP contribution in [0, 0.1) is 0 Å². The van der Waals surface area contributed by atoms with Crippen LogP contribution < -0.4 is 11.1 Å². The van der Waals surface area contributed by atoms with Crippen molar-refractivity contribution in [2.24, 2.45) is 5.73 Å². The lowest BCUT2D eigenvalue weighted by Crippen LogP contribution is -2.35. The average molecular weight is 257 g/mol. The highest BCUT2D eigenvalue weighted by molar-refractivity contribution is 5.61. The molecular formula is C14H19N5. The first-order valence-corrected chi connectivity index (χ1v) is 6.81. The molecule has 1 aliphatic carbocycles. The van der Waals surface area contributed by atoms with E-state index in [1.54, 1.807) is 10.9 Å². The second kappa shape index (κ2) is 5.40. The Hall–Kier alpha value is -1.88. The number of aromatic nitrogens is 3. The van der Waals surface area contributed by atoms with Crippen molar-refractivity contribution in [2.45, 2.75) is 37.8 Å². The van der Waals surface area contributed by atoms with Crippen molar-refractivity contribution < 1.29 is 0 Å². The summed E-state index contributed by atoms with van der Waals surface area (Å²) in [5, 5.41) is 11.5. The fraction of sp³-hybridized carbons (Fsp3) is 0.429. The molecule has 0 radical (unpaired) electrons. The topological polar surface area (TPSA) is 68.8 Å². The zero-order chi connectivity index (χ0) is 13.1. The number of nitrogens with one attached hydrogen (secondary N) is 1. The molecule has 2 atom stereocenters. The van der Waals surface area contributed by atoms with Gasteiger partial charge in [-0.3, -0.25) is 0 Å². The molecule has 1 aromatic heterocycles. The Kier molecular flexibility index (Phi) is 3.46. The maximum absolute atomic E-state index is 6.04. The molecule has 0 aliphatic heterocycles. The van der Waals surface area contributed by atoms with E-state index in [-0.39, 0.29) is 0 Å². The molecule has 5 heteroatoms. The van der Waals surface area contributed by atoms with E-state index < -0.39 is 0 Å². The van der Waals surface area contributed by atoms with Crippen molar-refractivity contribution in [2.75, 3.05) is 5.32 Å². The quantitative estimate of drug-likeness (QED) is 0.881. The summed E-state index contributed by atoms with van der Waals surface area (Å²) < 4.78 is 1.78. The Morgan fingerprint density at radius 2 is 2.16 bits per heavy atom. The highest BCUT2D eigenvalue weighted by atomic mass is 15.4. The number of rotatable bonds is 3. The molecule has 1 fully saturated rings. The second-order valence-electron chi connectivity index (χ2n) is 5.13. The summed E-state index contributed by atoms with van der Waals surface area (Å²) in [5.74, 6) is 0. The maximum atomic E-state index is 6.04. The molecule has 1 aromatic carbocycles. The third-order valence-corrected chi connectivity index (χ3v) is 3.65. The van der Waals surface area contributed by atoms with Gasteiger partial charge in [0.15, 0.2) is 0 Å². The molecule has 1 heterocycles. The number of para-hydroxylation sites is 2.